The van der Waals surface area contributed by atoms with E-state index >= 15 is 0 Å². The SMILES string of the molecule is C=CCCCN(C)C(=NCCCOC1CCCC1)NCC. The summed E-state index contributed by atoms with van der Waals surface area (Å²) >= 11 is 0. The molecule has 0 bridgehead atoms. The Balaban J connectivity index is 2.20. The molecule has 4 heteroatoms. The number of guanidine groups is 1. The van der Waals surface area contributed by atoms with Gasteiger partial charge in [0.1, 0.15) is 0 Å². The minimum atomic E-state index is 0.517. The number of nitrogens with one attached hydrogen (secondary N) is 1. The summed E-state index contributed by atoms with van der Waals surface area (Å²) in [4.78, 5) is 6.88. The van der Waals surface area contributed by atoms with Crippen LogP contribution in [0.15, 0.2) is 17.6 Å². The minimum Gasteiger partial charge on any atom is -0.378 e. The van der Waals surface area contributed by atoms with Gasteiger partial charge in [0.15, 0.2) is 5.96 Å². The van der Waals surface area contributed by atoms with Crippen molar-refractivity contribution in [3.63, 3.8) is 0 Å². The zero-order chi connectivity index (χ0) is 15.3. The van der Waals surface area contributed by atoms with E-state index in [-0.39, 0.29) is 0 Å². The highest BCUT2D eigenvalue weighted by Gasteiger charge is 2.14. The Labute approximate surface area is 130 Å². The lowest BCUT2D eigenvalue weighted by Crippen LogP contribution is -2.39. The first-order valence-corrected chi connectivity index (χ1v) is 8.49. The van der Waals surface area contributed by atoms with Crippen molar-refractivity contribution in [2.75, 3.05) is 33.3 Å². The largest absolute Gasteiger partial charge is 0.378 e. The van der Waals surface area contributed by atoms with Crippen molar-refractivity contribution < 1.29 is 4.74 Å². The standard InChI is InChI=1S/C17H33N3O/c1-4-6-9-14-20(3)17(18-5-2)19-13-10-15-21-16-11-7-8-12-16/h4,16H,1,5-15H2,2-3H3,(H,18,19). The molecule has 0 saturated heterocycles. The van der Waals surface area contributed by atoms with Crippen LogP contribution in [0.3, 0.4) is 0 Å². The smallest absolute Gasteiger partial charge is 0.193 e. The quantitative estimate of drug-likeness (QED) is 0.291. The molecule has 0 aromatic heterocycles. The lowest BCUT2D eigenvalue weighted by molar-refractivity contribution is 0.0579. The number of allylic oxidation sites excluding steroid dienone is 1. The molecule has 0 spiro atoms. The molecule has 1 N–H and O–H groups in total. The van der Waals surface area contributed by atoms with Gasteiger partial charge in [0.25, 0.3) is 0 Å². The third-order valence-corrected chi connectivity index (χ3v) is 3.82. The second-order valence-electron chi connectivity index (χ2n) is 5.72. The van der Waals surface area contributed by atoms with Crippen LogP contribution in [0.5, 0.6) is 0 Å². The predicted octanol–water partition coefficient (Wildman–Crippen LogP) is 3.20. The molecule has 1 rings (SSSR count). The first-order chi connectivity index (χ1) is 10.3. The summed E-state index contributed by atoms with van der Waals surface area (Å²) in [5.74, 6) is 1.00. The molecule has 0 aromatic rings. The van der Waals surface area contributed by atoms with Crippen molar-refractivity contribution in [1.82, 2.24) is 10.2 Å². The summed E-state index contributed by atoms with van der Waals surface area (Å²) in [5, 5.41) is 3.35. The molecular formula is C17H33N3O. The number of ether oxygens (including phenoxy) is 1. The molecule has 1 aliphatic rings. The fourth-order valence-corrected chi connectivity index (χ4v) is 2.60. The van der Waals surface area contributed by atoms with Gasteiger partial charge in [0.05, 0.1) is 6.10 Å². The summed E-state index contributed by atoms with van der Waals surface area (Å²) < 4.78 is 5.87. The molecule has 0 unspecified atom stereocenters. The van der Waals surface area contributed by atoms with Crippen LogP contribution in [0.25, 0.3) is 0 Å². The Bertz CT molecular complexity index is 298. The second-order valence-corrected chi connectivity index (χ2v) is 5.72. The Morgan fingerprint density at radius 1 is 1.38 bits per heavy atom. The van der Waals surface area contributed by atoms with Crippen LogP contribution in [-0.4, -0.2) is 50.3 Å². The highest BCUT2D eigenvalue weighted by atomic mass is 16.5. The Morgan fingerprint density at radius 3 is 2.81 bits per heavy atom. The fourth-order valence-electron chi connectivity index (χ4n) is 2.60. The summed E-state index contributed by atoms with van der Waals surface area (Å²) in [6.45, 7) is 9.46. The highest BCUT2D eigenvalue weighted by molar-refractivity contribution is 5.79. The number of hydrogen-bond acceptors (Lipinski definition) is 2. The number of aliphatic imine (C=N–C) groups is 1. The second kappa shape index (κ2) is 11.6. The lowest BCUT2D eigenvalue weighted by Gasteiger charge is -2.21. The van der Waals surface area contributed by atoms with Crippen LogP contribution in [-0.2, 0) is 4.74 Å². The Hall–Kier alpha value is -1.03. The molecule has 1 fully saturated rings. The van der Waals surface area contributed by atoms with Gasteiger partial charge in [-0.1, -0.05) is 18.9 Å². The molecule has 0 atom stereocenters. The van der Waals surface area contributed by atoms with E-state index in [4.69, 9.17) is 4.74 Å². The van der Waals surface area contributed by atoms with Gasteiger partial charge in [-0.3, -0.25) is 4.99 Å². The van der Waals surface area contributed by atoms with Crippen LogP contribution in [0.2, 0.25) is 0 Å². The van der Waals surface area contributed by atoms with E-state index in [0.29, 0.717) is 6.10 Å². The third kappa shape index (κ3) is 8.10. The van der Waals surface area contributed by atoms with E-state index in [9.17, 15) is 0 Å². The topological polar surface area (TPSA) is 36.9 Å². The molecule has 0 radical (unpaired) electrons. The van der Waals surface area contributed by atoms with Crippen molar-refractivity contribution in [1.29, 1.82) is 0 Å². The summed E-state index contributed by atoms with van der Waals surface area (Å²) in [5.41, 5.74) is 0. The van der Waals surface area contributed by atoms with Crippen LogP contribution >= 0.6 is 0 Å². The average Bonchev–Trinajstić information content (AvgIpc) is 2.99. The minimum absolute atomic E-state index is 0.517. The maximum absolute atomic E-state index is 5.87. The van der Waals surface area contributed by atoms with Gasteiger partial charge in [-0.2, -0.15) is 0 Å². The first kappa shape index (κ1) is 18.0. The van der Waals surface area contributed by atoms with Gasteiger partial charge in [0, 0.05) is 33.3 Å². The van der Waals surface area contributed by atoms with E-state index in [1.807, 2.05) is 6.08 Å². The Morgan fingerprint density at radius 2 is 2.14 bits per heavy atom. The summed E-state index contributed by atoms with van der Waals surface area (Å²) in [7, 11) is 2.10. The van der Waals surface area contributed by atoms with Gasteiger partial charge in [-0.15, -0.1) is 6.58 Å². The first-order valence-electron chi connectivity index (χ1n) is 8.49. The van der Waals surface area contributed by atoms with E-state index in [1.54, 1.807) is 0 Å². The van der Waals surface area contributed by atoms with Crippen LogP contribution in [0.1, 0.15) is 51.9 Å². The van der Waals surface area contributed by atoms with Crippen molar-refractivity contribution in [3.8, 4) is 0 Å². The number of unbranched alkanes of at least 4 members (excludes halogenated alkanes) is 1. The van der Waals surface area contributed by atoms with E-state index in [2.05, 4.69) is 35.8 Å². The summed E-state index contributed by atoms with van der Waals surface area (Å²) in [6.07, 6.45) is 10.8. The van der Waals surface area contributed by atoms with Crippen molar-refractivity contribution in [3.05, 3.63) is 12.7 Å². The molecule has 21 heavy (non-hydrogen) atoms. The van der Waals surface area contributed by atoms with E-state index < -0.39 is 0 Å². The lowest BCUT2D eigenvalue weighted by atomic mass is 10.3. The van der Waals surface area contributed by atoms with Gasteiger partial charge >= 0.3 is 0 Å². The summed E-state index contributed by atoms with van der Waals surface area (Å²) in [6, 6.07) is 0. The molecule has 1 saturated carbocycles. The normalized spacial score (nSPS) is 16.2. The maximum Gasteiger partial charge on any atom is 0.193 e. The Kier molecular flexibility index (Phi) is 9.96. The zero-order valence-electron chi connectivity index (χ0n) is 13.9. The molecule has 122 valence electrons. The van der Waals surface area contributed by atoms with Crippen LogP contribution < -0.4 is 5.32 Å². The monoisotopic (exact) mass is 295 g/mol. The number of hydrogen-bond donors (Lipinski definition) is 1. The number of nitrogens with zero attached hydrogens (tertiary/aromatic N) is 2. The molecule has 0 aliphatic heterocycles. The van der Waals surface area contributed by atoms with Crippen LogP contribution in [0.4, 0.5) is 0 Å². The van der Waals surface area contributed by atoms with E-state index in [1.165, 1.54) is 25.7 Å². The molecular weight excluding hydrogens is 262 g/mol. The molecule has 0 heterocycles. The zero-order valence-corrected chi connectivity index (χ0v) is 13.9. The fraction of sp³-hybridized carbons (Fsp3) is 0.824. The maximum atomic E-state index is 5.87. The van der Waals surface area contributed by atoms with Crippen molar-refractivity contribution in [2.24, 2.45) is 4.99 Å². The van der Waals surface area contributed by atoms with Crippen LogP contribution in [0, 0.1) is 0 Å². The van der Waals surface area contributed by atoms with Gasteiger partial charge in [-0.05, 0) is 39.0 Å². The van der Waals surface area contributed by atoms with Gasteiger partial charge in [-0.25, -0.2) is 0 Å². The van der Waals surface area contributed by atoms with Crippen molar-refractivity contribution in [2.45, 2.75) is 58.0 Å². The molecule has 1 aliphatic carbocycles. The van der Waals surface area contributed by atoms with Gasteiger partial charge in [0.2, 0.25) is 0 Å². The van der Waals surface area contributed by atoms with Gasteiger partial charge < -0.3 is 15.0 Å². The molecule has 0 amide bonds. The highest BCUT2D eigenvalue weighted by Crippen LogP contribution is 2.20. The van der Waals surface area contributed by atoms with Crippen molar-refractivity contribution >= 4 is 5.96 Å². The predicted molar refractivity (Wildman–Crippen MR) is 90.9 cm³/mol. The molecule has 0 aromatic carbocycles. The van der Waals surface area contributed by atoms with E-state index in [0.717, 1.165) is 51.5 Å². The number of rotatable bonds is 10. The molecule has 4 nitrogen and oxygen atoms in total. The third-order valence-electron chi connectivity index (χ3n) is 3.82. The average molecular weight is 295 g/mol.